The van der Waals surface area contributed by atoms with Crippen LogP contribution in [0.1, 0.15) is 12.2 Å². The Labute approximate surface area is 98.6 Å². The fourth-order valence-corrected chi connectivity index (χ4v) is 1.51. The highest BCUT2D eigenvalue weighted by Gasteiger charge is 2.06. The lowest BCUT2D eigenvalue weighted by atomic mass is 10.1. The van der Waals surface area contributed by atoms with E-state index in [4.69, 9.17) is 5.26 Å². The van der Waals surface area contributed by atoms with Gasteiger partial charge in [-0.05, 0) is 18.2 Å². The lowest BCUT2D eigenvalue weighted by molar-refractivity contribution is 0.630. The van der Waals surface area contributed by atoms with Crippen LogP contribution in [0.5, 0.6) is 0 Å². The Balaban J connectivity index is 2.34. The number of nitriles is 1. The molecule has 0 N–H and O–H groups in total. The van der Waals surface area contributed by atoms with E-state index in [0.717, 1.165) is 0 Å². The van der Waals surface area contributed by atoms with Gasteiger partial charge in [0.1, 0.15) is 11.6 Å². The van der Waals surface area contributed by atoms with Gasteiger partial charge in [-0.3, -0.25) is 0 Å². The summed E-state index contributed by atoms with van der Waals surface area (Å²) >= 11 is 0. The first-order valence-corrected chi connectivity index (χ1v) is 5.25. The van der Waals surface area contributed by atoms with Gasteiger partial charge in [0.15, 0.2) is 0 Å². The van der Waals surface area contributed by atoms with E-state index in [1.807, 2.05) is 6.07 Å². The molecule has 0 fully saturated rings. The zero-order valence-corrected chi connectivity index (χ0v) is 9.10. The molecule has 3 nitrogen and oxygen atoms in total. The summed E-state index contributed by atoms with van der Waals surface area (Å²) in [7, 11) is 0. The minimum absolute atomic E-state index is 0.308. The standard InChI is InChI=1S/C13H10FN3/c14-11-5-2-1-4-10(11)12-7-9-16-13(17-12)6-3-8-15/h1-2,4-5,7,9H,3,6H2. The quantitative estimate of drug-likeness (QED) is 0.810. The first-order valence-electron chi connectivity index (χ1n) is 5.25. The van der Waals surface area contributed by atoms with Crippen molar-refractivity contribution in [1.29, 1.82) is 5.26 Å². The maximum absolute atomic E-state index is 13.5. The molecule has 1 heterocycles. The van der Waals surface area contributed by atoms with Crippen molar-refractivity contribution < 1.29 is 4.39 Å². The van der Waals surface area contributed by atoms with Crippen LogP contribution in [0.3, 0.4) is 0 Å². The Morgan fingerprint density at radius 1 is 1.24 bits per heavy atom. The number of halogens is 1. The monoisotopic (exact) mass is 227 g/mol. The van der Waals surface area contributed by atoms with E-state index >= 15 is 0 Å². The third-order valence-electron chi connectivity index (χ3n) is 2.32. The first-order chi connectivity index (χ1) is 8.31. The number of nitrogens with zero attached hydrogens (tertiary/aromatic N) is 3. The SMILES string of the molecule is N#CCCc1nccc(-c2ccccc2F)n1. The molecule has 4 heteroatoms. The molecule has 0 saturated carbocycles. The zero-order chi connectivity index (χ0) is 12.1. The van der Waals surface area contributed by atoms with Crippen molar-refractivity contribution in [1.82, 2.24) is 9.97 Å². The molecular weight excluding hydrogens is 217 g/mol. The van der Waals surface area contributed by atoms with Crippen LogP contribution in [-0.4, -0.2) is 9.97 Å². The Morgan fingerprint density at radius 3 is 2.82 bits per heavy atom. The van der Waals surface area contributed by atoms with Gasteiger partial charge in [-0.1, -0.05) is 12.1 Å². The summed E-state index contributed by atoms with van der Waals surface area (Å²) in [5.41, 5.74) is 0.999. The largest absolute Gasteiger partial charge is 0.241 e. The zero-order valence-electron chi connectivity index (χ0n) is 9.10. The molecule has 1 aromatic heterocycles. The van der Waals surface area contributed by atoms with Gasteiger partial charge in [-0.15, -0.1) is 0 Å². The molecule has 0 aliphatic carbocycles. The van der Waals surface area contributed by atoms with E-state index in [0.29, 0.717) is 29.9 Å². The fraction of sp³-hybridized carbons (Fsp3) is 0.154. The Hall–Kier alpha value is -2.28. The van der Waals surface area contributed by atoms with Gasteiger partial charge >= 0.3 is 0 Å². The van der Waals surface area contributed by atoms with Crippen molar-refractivity contribution in [3.05, 3.63) is 48.2 Å². The molecule has 0 spiro atoms. The lowest BCUT2D eigenvalue weighted by Crippen LogP contribution is -1.96. The maximum Gasteiger partial charge on any atom is 0.132 e. The molecule has 0 bridgehead atoms. The van der Waals surface area contributed by atoms with Crippen LogP contribution in [-0.2, 0) is 6.42 Å². The highest BCUT2D eigenvalue weighted by molar-refractivity contribution is 5.59. The van der Waals surface area contributed by atoms with Gasteiger partial charge in [-0.2, -0.15) is 5.26 Å². The predicted molar refractivity (Wildman–Crippen MR) is 61.4 cm³/mol. The van der Waals surface area contributed by atoms with Gasteiger partial charge in [0.25, 0.3) is 0 Å². The minimum Gasteiger partial charge on any atom is -0.241 e. The van der Waals surface area contributed by atoms with E-state index in [-0.39, 0.29) is 5.82 Å². The molecule has 0 amide bonds. The summed E-state index contributed by atoms with van der Waals surface area (Å²) in [6, 6.07) is 10.2. The number of hydrogen-bond donors (Lipinski definition) is 0. The molecular formula is C13H10FN3. The van der Waals surface area contributed by atoms with Crippen LogP contribution in [0.25, 0.3) is 11.3 Å². The van der Waals surface area contributed by atoms with Crippen LogP contribution in [0.2, 0.25) is 0 Å². The van der Waals surface area contributed by atoms with E-state index in [2.05, 4.69) is 9.97 Å². The molecule has 17 heavy (non-hydrogen) atoms. The highest BCUT2D eigenvalue weighted by atomic mass is 19.1. The number of hydrogen-bond acceptors (Lipinski definition) is 3. The van der Waals surface area contributed by atoms with Gasteiger partial charge in [0, 0.05) is 24.6 Å². The van der Waals surface area contributed by atoms with Crippen LogP contribution in [0, 0.1) is 17.1 Å². The molecule has 0 unspecified atom stereocenters. The molecule has 0 atom stereocenters. The molecule has 0 aliphatic rings. The van der Waals surface area contributed by atoms with Crippen molar-refractivity contribution >= 4 is 0 Å². The van der Waals surface area contributed by atoms with E-state index in [1.165, 1.54) is 6.07 Å². The first kappa shape index (κ1) is 11.2. The summed E-state index contributed by atoms with van der Waals surface area (Å²) in [4.78, 5) is 8.29. The van der Waals surface area contributed by atoms with Gasteiger partial charge in [-0.25, -0.2) is 14.4 Å². The third kappa shape index (κ3) is 2.64. The van der Waals surface area contributed by atoms with Gasteiger partial charge in [0.05, 0.1) is 11.8 Å². The Kier molecular flexibility index (Phi) is 3.41. The number of aromatic nitrogens is 2. The highest BCUT2D eigenvalue weighted by Crippen LogP contribution is 2.19. The topological polar surface area (TPSA) is 49.6 Å². The maximum atomic E-state index is 13.5. The second-order valence-electron chi connectivity index (χ2n) is 3.50. The van der Waals surface area contributed by atoms with Crippen molar-refractivity contribution in [2.24, 2.45) is 0 Å². The van der Waals surface area contributed by atoms with Crippen molar-refractivity contribution in [3.8, 4) is 17.3 Å². The van der Waals surface area contributed by atoms with Gasteiger partial charge < -0.3 is 0 Å². The average molecular weight is 227 g/mol. The molecule has 2 aromatic rings. The predicted octanol–water partition coefficient (Wildman–Crippen LogP) is 2.74. The lowest BCUT2D eigenvalue weighted by Gasteiger charge is -2.03. The van der Waals surface area contributed by atoms with Crippen LogP contribution in [0.15, 0.2) is 36.5 Å². The Morgan fingerprint density at radius 2 is 2.06 bits per heavy atom. The smallest absolute Gasteiger partial charge is 0.132 e. The number of aryl methyl sites for hydroxylation is 1. The average Bonchev–Trinajstić information content (AvgIpc) is 2.37. The summed E-state index contributed by atoms with van der Waals surface area (Å²) in [6.07, 6.45) is 2.43. The molecule has 1 aromatic carbocycles. The molecule has 2 rings (SSSR count). The van der Waals surface area contributed by atoms with Crippen molar-refractivity contribution in [3.63, 3.8) is 0 Å². The van der Waals surface area contributed by atoms with Crippen molar-refractivity contribution in [2.75, 3.05) is 0 Å². The fourth-order valence-electron chi connectivity index (χ4n) is 1.51. The van der Waals surface area contributed by atoms with Crippen LogP contribution in [0.4, 0.5) is 4.39 Å². The van der Waals surface area contributed by atoms with E-state index in [9.17, 15) is 4.39 Å². The molecule has 0 saturated heterocycles. The molecule has 0 radical (unpaired) electrons. The van der Waals surface area contributed by atoms with Crippen molar-refractivity contribution in [2.45, 2.75) is 12.8 Å². The minimum atomic E-state index is -0.308. The number of rotatable bonds is 3. The summed E-state index contributed by atoms with van der Waals surface area (Å²) in [5, 5.41) is 8.49. The van der Waals surface area contributed by atoms with Crippen LogP contribution >= 0.6 is 0 Å². The molecule has 84 valence electrons. The third-order valence-corrected chi connectivity index (χ3v) is 2.32. The molecule has 0 aliphatic heterocycles. The van der Waals surface area contributed by atoms with E-state index in [1.54, 1.807) is 30.5 Å². The Bertz CT molecular complexity index is 561. The summed E-state index contributed by atoms with van der Waals surface area (Å²) < 4.78 is 13.5. The summed E-state index contributed by atoms with van der Waals surface area (Å²) in [5.74, 6) is 0.254. The normalized spacial score (nSPS) is 9.88. The number of benzene rings is 1. The van der Waals surface area contributed by atoms with Crippen LogP contribution < -0.4 is 0 Å². The summed E-state index contributed by atoms with van der Waals surface area (Å²) in [6.45, 7) is 0. The second kappa shape index (κ2) is 5.17. The van der Waals surface area contributed by atoms with E-state index < -0.39 is 0 Å². The second-order valence-corrected chi connectivity index (χ2v) is 3.50. The van der Waals surface area contributed by atoms with Gasteiger partial charge in [0.2, 0.25) is 0 Å².